The molecule has 2 heterocycles. The summed E-state index contributed by atoms with van der Waals surface area (Å²) in [6.07, 6.45) is 0.904. The molecule has 104 valence electrons. The second-order valence-electron chi connectivity index (χ2n) is 4.23. The largest absolute Gasteiger partial charge is 0.467 e. The summed E-state index contributed by atoms with van der Waals surface area (Å²) in [6.45, 7) is 3.11. The zero-order valence-corrected chi connectivity index (χ0v) is 11.9. The molecule has 5 nitrogen and oxygen atoms in total. The molecule has 1 aliphatic heterocycles. The maximum atomic E-state index is 12.4. The Hall–Kier alpha value is -1.40. The number of rotatable bonds is 3. The third kappa shape index (κ3) is 2.96. The van der Waals surface area contributed by atoms with Gasteiger partial charge in [-0.25, -0.2) is 4.79 Å². The van der Waals surface area contributed by atoms with Crippen LogP contribution in [0.2, 0.25) is 0 Å². The molecule has 1 amide bonds. The maximum absolute atomic E-state index is 12.4. The molecule has 2 rings (SSSR count). The van der Waals surface area contributed by atoms with Crippen LogP contribution in [0.3, 0.4) is 0 Å². The predicted molar refractivity (Wildman–Crippen MR) is 71.4 cm³/mol. The minimum Gasteiger partial charge on any atom is -0.467 e. The van der Waals surface area contributed by atoms with Crippen LogP contribution in [-0.4, -0.2) is 49.7 Å². The number of ether oxygens (including phenoxy) is 2. The number of esters is 1. The Morgan fingerprint density at radius 2 is 2.32 bits per heavy atom. The molecule has 1 saturated heterocycles. The van der Waals surface area contributed by atoms with Gasteiger partial charge in [-0.15, -0.1) is 11.3 Å². The van der Waals surface area contributed by atoms with Crippen molar-refractivity contribution in [1.29, 1.82) is 0 Å². The highest BCUT2D eigenvalue weighted by Gasteiger charge is 2.34. The number of methoxy groups -OCH3 is 1. The number of carbonyl (C=O) groups is 2. The number of carbonyl (C=O) groups excluding carboxylic acids is 2. The van der Waals surface area contributed by atoms with Crippen molar-refractivity contribution in [3.05, 3.63) is 21.9 Å². The van der Waals surface area contributed by atoms with Gasteiger partial charge < -0.3 is 14.4 Å². The van der Waals surface area contributed by atoms with Crippen LogP contribution < -0.4 is 0 Å². The fourth-order valence-corrected chi connectivity index (χ4v) is 2.91. The van der Waals surface area contributed by atoms with Gasteiger partial charge in [0.25, 0.3) is 5.91 Å². The Morgan fingerprint density at radius 3 is 2.95 bits per heavy atom. The van der Waals surface area contributed by atoms with E-state index in [1.165, 1.54) is 18.4 Å². The van der Waals surface area contributed by atoms with Gasteiger partial charge in [0.1, 0.15) is 0 Å². The van der Waals surface area contributed by atoms with E-state index in [0.29, 0.717) is 18.0 Å². The molecule has 0 bridgehead atoms. The first-order valence-corrected chi connectivity index (χ1v) is 7.04. The highest BCUT2D eigenvalue weighted by atomic mass is 32.1. The smallest absolute Gasteiger partial charge is 0.331 e. The molecular formula is C13H17NO4S. The fraction of sp³-hybridized carbons (Fsp3) is 0.538. The Kier molecular flexibility index (Phi) is 4.55. The Bertz CT molecular complexity index is 471. The lowest BCUT2D eigenvalue weighted by Crippen LogP contribution is -2.52. The third-order valence-electron chi connectivity index (χ3n) is 3.08. The average Bonchev–Trinajstić information content (AvgIpc) is 2.94. The standard InChI is InChI=1S/C13H17NO4S/c1-3-9-4-5-11(19-9)12(15)14-6-7-18-8-10(14)13(16)17-2/h4-5,10H,3,6-8H2,1-2H3. The molecule has 1 unspecified atom stereocenters. The molecule has 0 aliphatic carbocycles. The number of morpholine rings is 1. The van der Waals surface area contributed by atoms with Crippen molar-refractivity contribution in [3.63, 3.8) is 0 Å². The maximum Gasteiger partial charge on any atom is 0.331 e. The fourth-order valence-electron chi connectivity index (χ4n) is 2.00. The van der Waals surface area contributed by atoms with Crippen molar-refractivity contribution in [2.24, 2.45) is 0 Å². The van der Waals surface area contributed by atoms with Crippen molar-refractivity contribution >= 4 is 23.2 Å². The van der Waals surface area contributed by atoms with Crippen molar-refractivity contribution in [3.8, 4) is 0 Å². The highest BCUT2D eigenvalue weighted by Crippen LogP contribution is 2.21. The summed E-state index contributed by atoms with van der Waals surface area (Å²) in [6, 6.07) is 3.12. The van der Waals surface area contributed by atoms with Crippen LogP contribution in [0.4, 0.5) is 0 Å². The Morgan fingerprint density at radius 1 is 1.53 bits per heavy atom. The topological polar surface area (TPSA) is 55.8 Å². The molecule has 1 aromatic rings. The van der Waals surface area contributed by atoms with Gasteiger partial charge in [-0.1, -0.05) is 6.92 Å². The van der Waals surface area contributed by atoms with Crippen LogP contribution in [-0.2, 0) is 20.7 Å². The second-order valence-corrected chi connectivity index (χ2v) is 5.40. The molecule has 0 saturated carbocycles. The number of hydrogen-bond acceptors (Lipinski definition) is 5. The minimum absolute atomic E-state index is 0.122. The van der Waals surface area contributed by atoms with Gasteiger partial charge in [0.2, 0.25) is 0 Å². The van der Waals surface area contributed by atoms with Crippen molar-refractivity contribution in [2.45, 2.75) is 19.4 Å². The van der Waals surface area contributed by atoms with Crippen molar-refractivity contribution < 1.29 is 19.1 Å². The summed E-state index contributed by atoms with van der Waals surface area (Å²) in [4.78, 5) is 27.5. The van der Waals surface area contributed by atoms with E-state index in [9.17, 15) is 9.59 Å². The van der Waals surface area contributed by atoms with Gasteiger partial charge >= 0.3 is 5.97 Å². The summed E-state index contributed by atoms with van der Waals surface area (Å²) >= 11 is 1.47. The lowest BCUT2D eigenvalue weighted by atomic mass is 10.2. The van der Waals surface area contributed by atoms with E-state index in [1.807, 2.05) is 19.1 Å². The minimum atomic E-state index is -0.640. The van der Waals surface area contributed by atoms with Gasteiger partial charge in [-0.05, 0) is 18.6 Å². The van der Waals surface area contributed by atoms with Crippen LogP contribution in [0.15, 0.2) is 12.1 Å². The SMILES string of the molecule is CCc1ccc(C(=O)N2CCOCC2C(=O)OC)s1. The molecule has 1 aliphatic rings. The summed E-state index contributed by atoms with van der Waals surface area (Å²) in [7, 11) is 1.32. The van der Waals surface area contributed by atoms with Crippen molar-refractivity contribution in [1.82, 2.24) is 4.90 Å². The first-order chi connectivity index (χ1) is 9.17. The average molecular weight is 283 g/mol. The van der Waals surface area contributed by atoms with Crippen LogP contribution in [0, 0.1) is 0 Å². The zero-order valence-electron chi connectivity index (χ0n) is 11.0. The normalized spacial score (nSPS) is 19.3. The summed E-state index contributed by atoms with van der Waals surface area (Å²) < 4.78 is 9.98. The third-order valence-corrected chi connectivity index (χ3v) is 4.30. The van der Waals surface area contributed by atoms with E-state index in [1.54, 1.807) is 4.90 Å². The van der Waals surface area contributed by atoms with Gasteiger partial charge in [-0.2, -0.15) is 0 Å². The summed E-state index contributed by atoms with van der Waals surface area (Å²) in [5.41, 5.74) is 0. The number of nitrogens with zero attached hydrogens (tertiary/aromatic N) is 1. The van der Waals surface area contributed by atoms with Crippen molar-refractivity contribution in [2.75, 3.05) is 26.9 Å². The predicted octanol–water partition coefficient (Wildman–Crippen LogP) is 1.32. The highest BCUT2D eigenvalue weighted by molar-refractivity contribution is 7.14. The molecule has 1 atom stereocenters. The van der Waals surface area contributed by atoms with Crippen LogP contribution in [0.5, 0.6) is 0 Å². The van der Waals surface area contributed by atoms with Gasteiger partial charge in [0, 0.05) is 11.4 Å². The van der Waals surface area contributed by atoms with E-state index < -0.39 is 12.0 Å². The first kappa shape index (κ1) is 14.0. The van der Waals surface area contributed by atoms with Crippen LogP contribution in [0.25, 0.3) is 0 Å². The monoisotopic (exact) mass is 283 g/mol. The van der Waals surface area contributed by atoms with Crippen LogP contribution in [0.1, 0.15) is 21.5 Å². The summed E-state index contributed by atoms with van der Waals surface area (Å²) in [5.74, 6) is -0.552. The molecule has 19 heavy (non-hydrogen) atoms. The first-order valence-electron chi connectivity index (χ1n) is 6.22. The van der Waals surface area contributed by atoms with Gasteiger partial charge in [-0.3, -0.25) is 4.79 Å². The molecule has 0 aromatic carbocycles. The van der Waals surface area contributed by atoms with E-state index in [0.717, 1.165) is 11.3 Å². The number of hydrogen-bond donors (Lipinski definition) is 0. The molecule has 0 spiro atoms. The molecule has 1 fully saturated rings. The van der Waals surface area contributed by atoms with E-state index in [2.05, 4.69) is 0 Å². The lowest BCUT2D eigenvalue weighted by molar-refractivity contribution is -0.151. The molecule has 1 aromatic heterocycles. The van der Waals surface area contributed by atoms with E-state index >= 15 is 0 Å². The number of amides is 1. The van der Waals surface area contributed by atoms with Crippen LogP contribution >= 0.6 is 11.3 Å². The zero-order chi connectivity index (χ0) is 13.8. The molecule has 0 radical (unpaired) electrons. The Labute approximate surface area is 116 Å². The quantitative estimate of drug-likeness (QED) is 0.785. The van der Waals surface area contributed by atoms with Gasteiger partial charge in [0.05, 0.1) is 25.2 Å². The summed E-state index contributed by atoms with van der Waals surface area (Å²) in [5, 5.41) is 0. The molecule has 0 N–H and O–H groups in total. The Balaban J connectivity index is 2.17. The second kappa shape index (κ2) is 6.16. The van der Waals surface area contributed by atoms with E-state index in [-0.39, 0.29) is 12.5 Å². The number of aryl methyl sites for hydroxylation is 1. The molecular weight excluding hydrogens is 266 g/mol. The molecule has 6 heteroatoms. The lowest BCUT2D eigenvalue weighted by Gasteiger charge is -2.33. The van der Waals surface area contributed by atoms with E-state index in [4.69, 9.17) is 9.47 Å². The van der Waals surface area contributed by atoms with Gasteiger partial charge in [0.15, 0.2) is 6.04 Å². The number of thiophene rings is 1.